The Morgan fingerprint density at radius 3 is 2.40 bits per heavy atom. The molecule has 0 amide bonds. The van der Waals surface area contributed by atoms with Gasteiger partial charge in [0.15, 0.2) is 0 Å². The molecule has 0 unspecified atom stereocenters. The summed E-state index contributed by atoms with van der Waals surface area (Å²) in [7, 11) is 0. The zero-order valence-corrected chi connectivity index (χ0v) is 12.3. The van der Waals surface area contributed by atoms with Crippen molar-refractivity contribution < 1.29 is 32.6 Å². The fraction of sp³-hybridized carbons (Fsp3) is 0.0588. The van der Waals surface area contributed by atoms with Crippen LogP contribution in [0.4, 0.5) is 13.2 Å². The van der Waals surface area contributed by atoms with Gasteiger partial charge in [0.25, 0.3) is 0 Å². The van der Waals surface area contributed by atoms with Gasteiger partial charge >= 0.3 is 12.1 Å². The number of benzene rings is 2. The van der Waals surface area contributed by atoms with E-state index in [-0.39, 0.29) is 11.1 Å². The predicted octanol–water partition coefficient (Wildman–Crippen LogP) is 3.88. The van der Waals surface area contributed by atoms with Crippen molar-refractivity contribution >= 4 is 16.9 Å². The van der Waals surface area contributed by atoms with E-state index in [9.17, 15) is 33.0 Å². The molecule has 8 heteroatoms. The number of rotatable bonds is 2. The number of hydrogen-bond donors (Lipinski definition) is 2. The first-order valence-electron chi connectivity index (χ1n) is 6.90. The molecule has 1 heterocycles. The predicted molar refractivity (Wildman–Crippen MR) is 81.5 cm³/mol. The van der Waals surface area contributed by atoms with Crippen LogP contribution in [0.2, 0.25) is 0 Å². The lowest BCUT2D eigenvalue weighted by molar-refractivity contribution is -0.152. The van der Waals surface area contributed by atoms with Gasteiger partial charge in [-0.25, -0.2) is 4.79 Å². The van der Waals surface area contributed by atoms with Crippen molar-refractivity contribution in [3.05, 3.63) is 64.0 Å². The first kappa shape index (κ1) is 16.6. The number of halogens is 3. The Labute approximate surface area is 137 Å². The van der Waals surface area contributed by atoms with Crippen molar-refractivity contribution in [3.8, 4) is 16.9 Å². The summed E-state index contributed by atoms with van der Waals surface area (Å²) in [6.07, 6.45) is -5.04. The highest BCUT2D eigenvalue weighted by molar-refractivity contribution is 5.97. The monoisotopic (exact) mass is 350 g/mol. The van der Waals surface area contributed by atoms with Gasteiger partial charge in [0.2, 0.25) is 11.2 Å². The van der Waals surface area contributed by atoms with Crippen molar-refractivity contribution in [2.75, 3.05) is 0 Å². The van der Waals surface area contributed by atoms with Crippen molar-refractivity contribution in [2.45, 2.75) is 6.18 Å². The summed E-state index contributed by atoms with van der Waals surface area (Å²) in [5.41, 5.74) is -3.23. The standard InChI is InChI=1S/C17H9F3O5/c18-17(19,20)15-13(9-3-1-2-4-10(9)16(23)24)14(22)11-6-5-8(21)7-12(11)25-15/h1-7,21H,(H,23,24). The van der Waals surface area contributed by atoms with Gasteiger partial charge in [0.05, 0.1) is 16.5 Å². The van der Waals surface area contributed by atoms with Crippen molar-refractivity contribution in [1.29, 1.82) is 0 Å². The van der Waals surface area contributed by atoms with E-state index in [4.69, 9.17) is 4.42 Å². The number of carbonyl (C=O) groups is 1. The fourth-order valence-corrected chi connectivity index (χ4v) is 2.51. The summed E-state index contributed by atoms with van der Waals surface area (Å²) >= 11 is 0. The number of phenolic OH excluding ortho intramolecular Hbond substituents is 1. The molecule has 25 heavy (non-hydrogen) atoms. The first-order valence-corrected chi connectivity index (χ1v) is 6.90. The van der Waals surface area contributed by atoms with Crippen LogP contribution in [0.5, 0.6) is 5.75 Å². The first-order chi connectivity index (χ1) is 11.7. The van der Waals surface area contributed by atoms with E-state index in [0.29, 0.717) is 0 Å². The summed E-state index contributed by atoms with van der Waals surface area (Å²) in [6, 6.07) is 7.99. The third kappa shape index (κ3) is 2.82. The van der Waals surface area contributed by atoms with Crippen molar-refractivity contribution in [2.24, 2.45) is 0 Å². The minimum absolute atomic E-state index is 0.207. The summed E-state index contributed by atoms with van der Waals surface area (Å²) in [5, 5.41) is 18.4. The highest BCUT2D eigenvalue weighted by Gasteiger charge is 2.40. The summed E-state index contributed by atoms with van der Waals surface area (Å²) < 4.78 is 45.1. The Balaban J connectivity index is 2.50. The second kappa shape index (κ2) is 5.66. The summed E-state index contributed by atoms with van der Waals surface area (Å²) in [5.74, 6) is -3.47. The third-order valence-electron chi connectivity index (χ3n) is 3.56. The number of aromatic hydroxyl groups is 1. The molecule has 0 aliphatic rings. The topological polar surface area (TPSA) is 87.7 Å². The number of hydrogen-bond acceptors (Lipinski definition) is 4. The maximum absolute atomic E-state index is 13.4. The molecule has 0 spiro atoms. The van der Waals surface area contributed by atoms with Crippen LogP contribution >= 0.6 is 0 Å². The van der Waals surface area contributed by atoms with Gasteiger partial charge in [0.1, 0.15) is 11.3 Å². The Hall–Kier alpha value is -3.29. The van der Waals surface area contributed by atoms with Crippen LogP contribution in [0.15, 0.2) is 51.7 Å². The lowest BCUT2D eigenvalue weighted by atomic mass is 9.97. The van der Waals surface area contributed by atoms with Crippen LogP contribution in [0.3, 0.4) is 0 Å². The van der Waals surface area contributed by atoms with Crippen LogP contribution in [0.1, 0.15) is 16.1 Å². The molecule has 3 rings (SSSR count). The highest BCUT2D eigenvalue weighted by atomic mass is 19.4. The second-order valence-corrected chi connectivity index (χ2v) is 5.16. The summed E-state index contributed by atoms with van der Waals surface area (Å²) in [4.78, 5) is 24.0. The van der Waals surface area contributed by atoms with E-state index < -0.39 is 45.6 Å². The number of carboxylic acid groups (broad SMARTS) is 1. The minimum atomic E-state index is -5.04. The van der Waals surface area contributed by atoms with Gasteiger partial charge in [-0.05, 0) is 18.2 Å². The maximum Gasteiger partial charge on any atom is 0.450 e. The molecule has 3 aromatic rings. The Morgan fingerprint density at radius 2 is 1.76 bits per heavy atom. The van der Waals surface area contributed by atoms with E-state index in [2.05, 4.69) is 0 Å². The molecule has 0 atom stereocenters. The zero-order chi connectivity index (χ0) is 18.4. The van der Waals surface area contributed by atoms with Gasteiger partial charge in [-0.1, -0.05) is 18.2 Å². The van der Waals surface area contributed by atoms with E-state index >= 15 is 0 Å². The van der Waals surface area contributed by atoms with Crippen LogP contribution < -0.4 is 5.43 Å². The molecular formula is C17H9F3O5. The molecule has 2 aromatic carbocycles. The molecule has 5 nitrogen and oxygen atoms in total. The average Bonchev–Trinajstić information content (AvgIpc) is 2.53. The van der Waals surface area contributed by atoms with Gasteiger partial charge in [0, 0.05) is 11.6 Å². The molecule has 0 bridgehead atoms. The molecule has 0 aliphatic heterocycles. The van der Waals surface area contributed by atoms with Crippen LogP contribution in [-0.4, -0.2) is 16.2 Å². The number of alkyl halides is 3. The molecule has 1 aromatic heterocycles. The Kier molecular flexibility index (Phi) is 3.75. The zero-order valence-electron chi connectivity index (χ0n) is 12.3. The Morgan fingerprint density at radius 1 is 1.08 bits per heavy atom. The Bertz CT molecular complexity index is 1050. The fourth-order valence-electron chi connectivity index (χ4n) is 2.51. The van der Waals surface area contributed by atoms with E-state index in [1.54, 1.807) is 0 Å². The van der Waals surface area contributed by atoms with Crippen molar-refractivity contribution in [3.63, 3.8) is 0 Å². The van der Waals surface area contributed by atoms with Gasteiger partial charge in [-0.3, -0.25) is 4.79 Å². The average molecular weight is 350 g/mol. The van der Waals surface area contributed by atoms with Crippen LogP contribution in [0.25, 0.3) is 22.1 Å². The van der Waals surface area contributed by atoms with Crippen LogP contribution in [0, 0.1) is 0 Å². The normalized spacial score (nSPS) is 11.6. The summed E-state index contributed by atoms with van der Waals surface area (Å²) in [6.45, 7) is 0. The number of aromatic carboxylic acids is 1. The lowest BCUT2D eigenvalue weighted by Gasteiger charge is -2.14. The minimum Gasteiger partial charge on any atom is -0.508 e. The molecule has 128 valence electrons. The number of carboxylic acids is 1. The number of fused-ring (bicyclic) bond motifs is 1. The highest BCUT2D eigenvalue weighted by Crippen LogP contribution is 2.38. The van der Waals surface area contributed by atoms with Crippen molar-refractivity contribution in [1.82, 2.24) is 0 Å². The quantitative estimate of drug-likeness (QED) is 0.732. The van der Waals surface area contributed by atoms with E-state index in [1.807, 2.05) is 0 Å². The van der Waals surface area contributed by atoms with Crippen LogP contribution in [-0.2, 0) is 6.18 Å². The SMILES string of the molecule is O=C(O)c1ccccc1-c1c(C(F)(F)F)oc2cc(O)ccc2c1=O. The molecular weight excluding hydrogens is 341 g/mol. The molecule has 0 saturated carbocycles. The molecule has 0 fully saturated rings. The maximum atomic E-state index is 13.4. The van der Waals surface area contributed by atoms with Gasteiger partial charge < -0.3 is 14.6 Å². The van der Waals surface area contributed by atoms with E-state index in [1.165, 1.54) is 12.1 Å². The second-order valence-electron chi connectivity index (χ2n) is 5.16. The number of phenols is 1. The molecule has 0 saturated heterocycles. The third-order valence-corrected chi connectivity index (χ3v) is 3.56. The molecule has 2 N–H and O–H groups in total. The smallest absolute Gasteiger partial charge is 0.450 e. The largest absolute Gasteiger partial charge is 0.508 e. The molecule has 0 aliphatic carbocycles. The lowest BCUT2D eigenvalue weighted by Crippen LogP contribution is -2.17. The van der Waals surface area contributed by atoms with Gasteiger partial charge in [-0.2, -0.15) is 13.2 Å². The molecule has 0 radical (unpaired) electrons. The van der Waals surface area contributed by atoms with Gasteiger partial charge in [-0.15, -0.1) is 0 Å². The van der Waals surface area contributed by atoms with E-state index in [0.717, 1.165) is 30.3 Å².